The average Bonchev–Trinajstić information content (AvgIpc) is 2.59. The fourth-order valence-electron chi connectivity index (χ4n) is 2.03. The molecule has 0 spiro atoms. The molecule has 0 saturated heterocycles. The molecule has 0 bridgehead atoms. The van der Waals surface area contributed by atoms with Crippen LogP contribution in [0.4, 0.5) is 4.79 Å². The number of esters is 1. The maximum absolute atomic E-state index is 11.7. The first-order valence-corrected chi connectivity index (χ1v) is 7.54. The van der Waals surface area contributed by atoms with E-state index in [1.807, 2.05) is 31.2 Å². The molecule has 0 atom stereocenters. The topological polar surface area (TPSA) is 73.9 Å². The quantitative estimate of drug-likeness (QED) is 0.480. The number of hydrogen-bond acceptors (Lipinski definition) is 5. The molecule has 2 aromatic rings. The van der Waals surface area contributed by atoms with Crippen LogP contribution in [-0.2, 0) is 9.53 Å². The maximum atomic E-state index is 11.7. The summed E-state index contributed by atoms with van der Waals surface area (Å²) in [5.74, 6) is 0.684. The Morgan fingerprint density at radius 1 is 1.12 bits per heavy atom. The van der Waals surface area contributed by atoms with Crippen LogP contribution in [0.2, 0.25) is 0 Å². The smallest absolute Gasteiger partial charge is 0.412 e. The molecule has 0 saturated carbocycles. The molecule has 6 heteroatoms. The van der Waals surface area contributed by atoms with Crippen molar-refractivity contribution in [1.29, 1.82) is 0 Å². The van der Waals surface area contributed by atoms with E-state index >= 15 is 0 Å². The Hall–Kier alpha value is -3.02. The fraction of sp³-hybridized carbons (Fsp3) is 0.222. The van der Waals surface area contributed by atoms with E-state index in [-0.39, 0.29) is 13.2 Å². The summed E-state index contributed by atoms with van der Waals surface area (Å²) in [6, 6.07) is 11.0. The lowest BCUT2D eigenvalue weighted by Gasteiger charge is -2.08. The molecular formula is C18H19NO5. The van der Waals surface area contributed by atoms with Crippen molar-refractivity contribution in [2.24, 2.45) is 0 Å². The number of hydrogen-bond donors (Lipinski definition) is 1. The third-order valence-electron chi connectivity index (χ3n) is 3.09. The Bertz CT molecular complexity index is 741. The highest BCUT2D eigenvalue weighted by molar-refractivity contribution is 5.86. The Morgan fingerprint density at radius 2 is 1.79 bits per heavy atom. The van der Waals surface area contributed by atoms with Gasteiger partial charge in [0.2, 0.25) is 0 Å². The standard InChI is InChI=1S/C18H19NO5/c1-3-17(20)23-10-9-19-18(21)24-16-8-6-13-11-15(22-4-2)7-5-14(13)12-16/h3,5-8,11-12H,1,4,9-10H2,2H3,(H,19,21). The van der Waals surface area contributed by atoms with Gasteiger partial charge in [-0.05, 0) is 42.0 Å². The lowest BCUT2D eigenvalue weighted by molar-refractivity contribution is -0.137. The van der Waals surface area contributed by atoms with Crippen LogP contribution < -0.4 is 14.8 Å². The number of rotatable bonds is 7. The third-order valence-corrected chi connectivity index (χ3v) is 3.09. The van der Waals surface area contributed by atoms with Crippen LogP contribution in [0.5, 0.6) is 11.5 Å². The van der Waals surface area contributed by atoms with E-state index in [0.717, 1.165) is 22.6 Å². The molecule has 0 heterocycles. The molecule has 2 aromatic carbocycles. The zero-order valence-corrected chi connectivity index (χ0v) is 13.4. The molecule has 0 fully saturated rings. The van der Waals surface area contributed by atoms with Gasteiger partial charge in [-0.25, -0.2) is 9.59 Å². The van der Waals surface area contributed by atoms with Gasteiger partial charge in [-0.3, -0.25) is 0 Å². The molecular weight excluding hydrogens is 310 g/mol. The molecule has 0 aromatic heterocycles. The monoisotopic (exact) mass is 329 g/mol. The first-order chi connectivity index (χ1) is 11.6. The number of benzene rings is 2. The second kappa shape index (κ2) is 8.57. The van der Waals surface area contributed by atoms with Gasteiger partial charge in [0.15, 0.2) is 0 Å². The summed E-state index contributed by atoms with van der Waals surface area (Å²) >= 11 is 0. The molecule has 6 nitrogen and oxygen atoms in total. The molecule has 0 radical (unpaired) electrons. The number of nitrogens with one attached hydrogen (secondary N) is 1. The van der Waals surface area contributed by atoms with Gasteiger partial charge in [0.25, 0.3) is 0 Å². The molecule has 126 valence electrons. The summed E-state index contributed by atoms with van der Waals surface area (Å²) in [4.78, 5) is 22.5. The number of fused-ring (bicyclic) bond motifs is 1. The average molecular weight is 329 g/mol. The van der Waals surface area contributed by atoms with Crippen molar-refractivity contribution in [3.63, 3.8) is 0 Å². The molecule has 1 N–H and O–H groups in total. The zero-order valence-electron chi connectivity index (χ0n) is 13.4. The second-order valence-electron chi connectivity index (χ2n) is 4.79. The van der Waals surface area contributed by atoms with Crippen LogP contribution >= 0.6 is 0 Å². The summed E-state index contributed by atoms with van der Waals surface area (Å²) in [5, 5.41) is 4.42. The first kappa shape index (κ1) is 17.3. The van der Waals surface area contributed by atoms with Gasteiger partial charge in [-0.2, -0.15) is 0 Å². The van der Waals surface area contributed by atoms with Gasteiger partial charge >= 0.3 is 12.1 Å². The summed E-state index contributed by atoms with van der Waals surface area (Å²) < 4.78 is 15.4. The van der Waals surface area contributed by atoms with Gasteiger partial charge in [-0.15, -0.1) is 0 Å². The minimum atomic E-state index is -0.616. The van der Waals surface area contributed by atoms with Gasteiger partial charge < -0.3 is 19.5 Å². The first-order valence-electron chi connectivity index (χ1n) is 7.54. The van der Waals surface area contributed by atoms with Crippen molar-refractivity contribution < 1.29 is 23.8 Å². The lowest BCUT2D eigenvalue weighted by Crippen LogP contribution is -2.30. The van der Waals surface area contributed by atoms with E-state index in [0.29, 0.717) is 12.4 Å². The third kappa shape index (κ3) is 5.01. The van der Waals surface area contributed by atoms with Crippen molar-refractivity contribution >= 4 is 22.8 Å². The molecule has 2 rings (SSSR count). The summed E-state index contributed by atoms with van der Waals surface area (Å²) in [6.07, 6.45) is 0.444. The van der Waals surface area contributed by atoms with Crippen molar-refractivity contribution in [1.82, 2.24) is 5.32 Å². The second-order valence-corrected chi connectivity index (χ2v) is 4.79. The van der Waals surface area contributed by atoms with Gasteiger partial charge in [0, 0.05) is 6.08 Å². The molecule has 0 aliphatic rings. The fourth-order valence-corrected chi connectivity index (χ4v) is 2.03. The number of ether oxygens (including phenoxy) is 3. The Morgan fingerprint density at radius 3 is 2.46 bits per heavy atom. The minimum absolute atomic E-state index is 0.0535. The van der Waals surface area contributed by atoms with Gasteiger partial charge in [0.1, 0.15) is 18.1 Å². The maximum Gasteiger partial charge on any atom is 0.412 e. The molecule has 0 aliphatic carbocycles. The summed E-state index contributed by atoms with van der Waals surface area (Å²) in [5.41, 5.74) is 0. The molecule has 0 unspecified atom stereocenters. The number of amides is 1. The highest BCUT2D eigenvalue weighted by Crippen LogP contribution is 2.25. The van der Waals surface area contributed by atoms with E-state index in [9.17, 15) is 9.59 Å². The van der Waals surface area contributed by atoms with E-state index in [4.69, 9.17) is 14.2 Å². The van der Waals surface area contributed by atoms with E-state index in [1.54, 1.807) is 12.1 Å². The predicted molar refractivity (Wildman–Crippen MR) is 90.3 cm³/mol. The predicted octanol–water partition coefficient (Wildman–Crippen LogP) is 3.06. The SMILES string of the molecule is C=CC(=O)OCCNC(=O)Oc1ccc2cc(OCC)ccc2c1. The number of carbonyl (C=O) groups excluding carboxylic acids is 2. The minimum Gasteiger partial charge on any atom is -0.494 e. The van der Waals surface area contributed by atoms with Crippen LogP contribution in [0.3, 0.4) is 0 Å². The van der Waals surface area contributed by atoms with Crippen LogP contribution in [-0.4, -0.2) is 31.8 Å². The zero-order chi connectivity index (χ0) is 17.4. The van der Waals surface area contributed by atoms with E-state index < -0.39 is 12.1 Å². The highest BCUT2D eigenvalue weighted by atomic mass is 16.6. The molecule has 0 aliphatic heterocycles. The van der Waals surface area contributed by atoms with Crippen LogP contribution in [0.25, 0.3) is 10.8 Å². The van der Waals surface area contributed by atoms with Crippen molar-refractivity contribution in [3.8, 4) is 11.5 Å². The molecule has 1 amide bonds. The Labute approximate surface area is 140 Å². The summed E-state index contributed by atoms with van der Waals surface area (Å²) in [7, 11) is 0. The Balaban J connectivity index is 1.90. The van der Waals surface area contributed by atoms with Gasteiger partial charge in [0.05, 0.1) is 13.2 Å². The van der Waals surface area contributed by atoms with Crippen LogP contribution in [0.15, 0.2) is 49.1 Å². The summed E-state index contributed by atoms with van der Waals surface area (Å²) in [6.45, 7) is 6.02. The molecule has 24 heavy (non-hydrogen) atoms. The van der Waals surface area contributed by atoms with Crippen LogP contribution in [0.1, 0.15) is 6.92 Å². The van der Waals surface area contributed by atoms with Crippen molar-refractivity contribution in [2.75, 3.05) is 19.8 Å². The largest absolute Gasteiger partial charge is 0.494 e. The van der Waals surface area contributed by atoms with Crippen LogP contribution in [0, 0.1) is 0 Å². The van der Waals surface area contributed by atoms with E-state index in [1.165, 1.54) is 0 Å². The van der Waals surface area contributed by atoms with Crippen molar-refractivity contribution in [2.45, 2.75) is 6.92 Å². The lowest BCUT2D eigenvalue weighted by atomic mass is 10.1. The normalized spacial score (nSPS) is 10.0. The number of carbonyl (C=O) groups is 2. The highest BCUT2D eigenvalue weighted by Gasteiger charge is 2.06. The van der Waals surface area contributed by atoms with Crippen molar-refractivity contribution in [3.05, 3.63) is 49.1 Å². The van der Waals surface area contributed by atoms with E-state index in [2.05, 4.69) is 11.9 Å². The Kier molecular flexibility index (Phi) is 6.19. The van der Waals surface area contributed by atoms with Gasteiger partial charge in [-0.1, -0.05) is 18.7 Å².